The first-order valence-electron chi connectivity index (χ1n) is 17.1. The van der Waals surface area contributed by atoms with Gasteiger partial charge in [-0.05, 0) is 12.2 Å². The van der Waals surface area contributed by atoms with Crippen LogP contribution in [0.25, 0.3) is 0 Å². The van der Waals surface area contributed by atoms with E-state index < -0.39 is 12.2 Å². The van der Waals surface area contributed by atoms with E-state index in [0.29, 0.717) is 154 Å². The molecule has 0 heterocycles. The van der Waals surface area contributed by atoms with Crippen LogP contribution < -0.4 is 24.8 Å². The van der Waals surface area contributed by atoms with E-state index in [0.717, 1.165) is 13.1 Å². The molecule has 0 saturated heterocycles. The Morgan fingerprint density at radius 2 is 0.580 bits per heavy atom. The predicted octanol–water partition coefficient (Wildman–Crippen LogP) is -5.59. The Morgan fingerprint density at radius 1 is 0.400 bits per heavy atom. The largest absolute Gasteiger partial charge is 1.00 e. The lowest BCUT2D eigenvalue weighted by Gasteiger charge is -2.30. The van der Waals surface area contributed by atoms with E-state index in [2.05, 4.69) is 13.2 Å². The highest BCUT2D eigenvalue weighted by Gasteiger charge is 2.20. The van der Waals surface area contributed by atoms with Crippen LogP contribution in [-0.4, -0.2) is 218 Å². The molecule has 0 aromatic rings. The molecule has 50 heavy (non-hydrogen) atoms. The van der Waals surface area contributed by atoms with Gasteiger partial charge in [0.05, 0.1) is 173 Å². The second-order valence-corrected chi connectivity index (χ2v) is 12.5. The fourth-order valence-corrected chi connectivity index (χ4v) is 4.41. The molecule has 2 atom stereocenters. The maximum absolute atomic E-state index is 10.1. The van der Waals surface area contributed by atoms with Crippen molar-refractivity contribution in [3.63, 3.8) is 0 Å². The van der Waals surface area contributed by atoms with E-state index in [1.54, 1.807) is 0 Å². The van der Waals surface area contributed by atoms with Crippen LogP contribution in [0, 0.1) is 0 Å². The third-order valence-corrected chi connectivity index (χ3v) is 6.63. The van der Waals surface area contributed by atoms with E-state index in [4.69, 9.17) is 47.4 Å². The summed E-state index contributed by atoms with van der Waals surface area (Å²) in [5.74, 6) is 0. The van der Waals surface area contributed by atoms with Gasteiger partial charge in [-0.1, -0.05) is 13.2 Å². The molecule has 16 heteroatoms. The first-order valence-corrected chi connectivity index (χ1v) is 17.1. The maximum Gasteiger partial charge on any atom is 0.126 e. The lowest BCUT2D eigenvalue weighted by molar-refractivity contribution is -0.887. The van der Waals surface area contributed by atoms with Crippen molar-refractivity contribution in [1.29, 1.82) is 0 Å². The normalized spacial score (nSPS) is 13.0. The van der Waals surface area contributed by atoms with Gasteiger partial charge in [-0.2, -0.15) is 0 Å². The van der Waals surface area contributed by atoms with Gasteiger partial charge in [0, 0.05) is 0 Å². The molecule has 0 aliphatic carbocycles. The van der Waals surface area contributed by atoms with Crippen LogP contribution in [0.2, 0.25) is 0 Å². The highest BCUT2D eigenvalue weighted by Crippen LogP contribution is 2.02. The van der Waals surface area contributed by atoms with Gasteiger partial charge in [0.1, 0.15) is 25.3 Å². The van der Waals surface area contributed by atoms with Crippen molar-refractivity contribution in [3.05, 3.63) is 25.3 Å². The molecule has 2 unspecified atom stereocenters. The van der Waals surface area contributed by atoms with E-state index in [1.165, 1.54) is 0 Å². The number of hydrogen-bond acceptors (Lipinski definition) is 12. The Labute approximate surface area is 314 Å². The number of ether oxygens (including phenoxy) is 10. The Morgan fingerprint density at radius 3 is 0.760 bits per heavy atom. The molecule has 14 nitrogen and oxygen atoms in total. The summed E-state index contributed by atoms with van der Waals surface area (Å²) in [7, 11) is 8.19. The summed E-state index contributed by atoms with van der Waals surface area (Å²) < 4.78 is 56.1. The highest BCUT2D eigenvalue weighted by atomic mass is 35.5. The highest BCUT2D eigenvalue weighted by molar-refractivity contribution is 4.66. The zero-order valence-corrected chi connectivity index (χ0v) is 32.8. The third kappa shape index (κ3) is 40.3. The molecule has 0 rings (SSSR count). The van der Waals surface area contributed by atoms with Crippen molar-refractivity contribution in [2.45, 2.75) is 12.2 Å². The first-order chi connectivity index (χ1) is 23.1. The van der Waals surface area contributed by atoms with Gasteiger partial charge in [-0.3, -0.25) is 0 Å². The number of rotatable bonds is 39. The van der Waals surface area contributed by atoms with Crippen molar-refractivity contribution < 1.29 is 91.4 Å². The van der Waals surface area contributed by atoms with Gasteiger partial charge in [-0.25, -0.2) is 0 Å². The molecule has 0 saturated carbocycles. The van der Waals surface area contributed by atoms with E-state index in [-0.39, 0.29) is 24.8 Å². The second-order valence-electron chi connectivity index (χ2n) is 12.5. The Balaban J connectivity index is -0.0000110. The summed E-state index contributed by atoms with van der Waals surface area (Å²) in [5, 5.41) is 20.1. The average molecular weight is 770 g/mol. The molecular formula is C34H70Cl2N2O12. The molecule has 2 N–H and O–H groups in total. The van der Waals surface area contributed by atoms with Crippen molar-refractivity contribution >= 4 is 0 Å². The van der Waals surface area contributed by atoms with Crippen LogP contribution in [-0.2, 0) is 47.4 Å². The first kappa shape index (κ1) is 53.8. The summed E-state index contributed by atoms with van der Waals surface area (Å²) >= 11 is 0. The Kier molecular flexibility index (Phi) is 41.2. The minimum Gasteiger partial charge on any atom is -1.00 e. The van der Waals surface area contributed by atoms with Crippen molar-refractivity contribution in [3.8, 4) is 0 Å². The van der Waals surface area contributed by atoms with Crippen LogP contribution in [0.3, 0.4) is 0 Å². The van der Waals surface area contributed by atoms with Crippen LogP contribution >= 0.6 is 0 Å². The molecule has 0 amide bonds. The van der Waals surface area contributed by atoms with Gasteiger partial charge in [0.25, 0.3) is 0 Å². The van der Waals surface area contributed by atoms with E-state index in [1.807, 2.05) is 40.3 Å². The number of halogens is 2. The van der Waals surface area contributed by atoms with Crippen LogP contribution in [0.15, 0.2) is 25.3 Å². The number of aliphatic hydroxyl groups is 2. The molecule has 0 aromatic heterocycles. The fourth-order valence-electron chi connectivity index (χ4n) is 4.41. The number of quaternary nitrogens is 2. The molecule has 0 fully saturated rings. The Bertz CT molecular complexity index is 672. The number of aliphatic hydroxyl groups excluding tert-OH is 2. The molecular weight excluding hydrogens is 699 g/mol. The Hall–Kier alpha value is -0.500. The second kappa shape index (κ2) is 38.2. The van der Waals surface area contributed by atoms with E-state index in [9.17, 15) is 10.2 Å². The third-order valence-electron chi connectivity index (χ3n) is 6.63. The number of nitrogens with zero attached hydrogens (tertiary/aromatic N) is 2. The van der Waals surface area contributed by atoms with Gasteiger partial charge in [0.2, 0.25) is 0 Å². The summed E-state index contributed by atoms with van der Waals surface area (Å²) in [6, 6.07) is 0. The monoisotopic (exact) mass is 768 g/mol. The van der Waals surface area contributed by atoms with Gasteiger partial charge in [0.15, 0.2) is 0 Å². The molecule has 0 aliphatic heterocycles. The average Bonchev–Trinajstić information content (AvgIpc) is 3.01. The van der Waals surface area contributed by atoms with Crippen molar-refractivity contribution in [2.24, 2.45) is 0 Å². The van der Waals surface area contributed by atoms with Crippen LogP contribution in [0.4, 0.5) is 0 Å². The minimum atomic E-state index is -0.514. The standard InChI is InChI=1S/C34H70N2O12.2ClH/c1-7-9-35(3,4)29-33(37)31-47-27-25-45-23-21-43-19-17-41-15-13-39-11-12-40-14-16-42-18-20-44-22-24-46-26-28-48-32-34(38)30-36(5,6)10-8-2;;/h7-8,33-34,37-38H,1-2,9-32H2,3-6H3;2*1H/q+2;;/p-2. The summed E-state index contributed by atoms with van der Waals surface area (Å²) in [5.41, 5.74) is 0. The SMILES string of the molecule is C=CC[N+](C)(C)CC(O)COCCOCCOCCOCCOCCOCCOCCOCCOCCOCC(O)C[N+](C)(C)CC=C.[Cl-].[Cl-]. The van der Waals surface area contributed by atoms with Crippen LogP contribution in [0.5, 0.6) is 0 Å². The molecule has 0 bridgehead atoms. The van der Waals surface area contributed by atoms with E-state index >= 15 is 0 Å². The van der Waals surface area contributed by atoms with Gasteiger partial charge in [-0.15, -0.1) is 0 Å². The van der Waals surface area contributed by atoms with Crippen LogP contribution in [0.1, 0.15) is 0 Å². The summed E-state index contributed by atoms with van der Waals surface area (Å²) in [4.78, 5) is 0. The fraction of sp³-hybridized carbons (Fsp3) is 0.882. The molecule has 0 aromatic carbocycles. The topological polar surface area (TPSA) is 133 Å². The van der Waals surface area contributed by atoms with Gasteiger partial charge >= 0.3 is 0 Å². The summed E-state index contributed by atoms with van der Waals surface area (Å²) in [6.07, 6.45) is 2.68. The summed E-state index contributed by atoms with van der Waals surface area (Å²) in [6.45, 7) is 19.5. The van der Waals surface area contributed by atoms with Crippen molar-refractivity contribution in [2.75, 3.05) is 187 Å². The lowest BCUT2D eigenvalue weighted by atomic mass is 10.3. The molecule has 0 spiro atoms. The minimum absolute atomic E-state index is 0. The van der Waals surface area contributed by atoms with Gasteiger partial charge < -0.3 is 91.4 Å². The molecule has 0 radical (unpaired) electrons. The predicted molar refractivity (Wildman–Crippen MR) is 184 cm³/mol. The van der Waals surface area contributed by atoms with Crippen molar-refractivity contribution in [1.82, 2.24) is 0 Å². The lowest BCUT2D eigenvalue weighted by Crippen LogP contribution is -3.00. The smallest absolute Gasteiger partial charge is 0.126 e. The quantitative estimate of drug-likeness (QED) is 0.0352. The zero-order chi connectivity index (χ0) is 35.6. The maximum atomic E-state index is 10.1. The number of hydrogen-bond donors (Lipinski definition) is 2. The molecule has 0 aliphatic rings. The number of likely N-dealkylation sites (N-methyl/N-ethyl adjacent to an activating group) is 2. The zero-order valence-electron chi connectivity index (χ0n) is 31.3. The molecule has 302 valence electrons.